The maximum absolute atomic E-state index is 13.9. The molecule has 1 saturated carbocycles. The molecule has 3 heterocycles. The molecule has 2 amide bonds. The van der Waals surface area contributed by atoms with Gasteiger partial charge in [0.15, 0.2) is 0 Å². The number of nitrogens with one attached hydrogen (secondary N) is 2. The largest absolute Gasteiger partial charge is 0.492 e. The van der Waals surface area contributed by atoms with Gasteiger partial charge >= 0.3 is 6.09 Å². The Balaban J connectivity index is 1.47. The summed E-state index contributed by atoms with van der Waals surface area (Å²) < 4.78 is 19.9. The molecule has 1 saturated heterocycles. The van der Waals surface area contributed by atoms with Gasteiger partial charge in [-0.05, 0) is 44.2 Å². The number of carbonyl (C=O) groups excluding carboxylic acids is 1. The number of rotatable bonds is 6. The summed E-state index contributed by atoms with van der Waals surface area (Å²) in [6.07, 6.45) is 3.16. The van der Waals surface area contributed by atoms with Crippen molar-refractivity contribution in [2.45, 2.75) is 32.2 Å². The van der Waals surface area contributed by atoms with Crippen LogP contribution in [0.5, 0.6) is 5.75 Å². The lowest BCUT2D eigenvalue weighted by Gasteiger charge is -2.14. The molecule has 2 aromatic heterocycles. The molecule has 1 aliphatic carbocycles. The van der Waals surface area contributed by atoms with Crippen LogP contribution >= 0.6 is 0 Å². The van der Waals surface area contributed by atoms with E-state index in [4.69, 9.17) is 9.84 Å². The molecular formula is C23H24FN5O4. The van der Waals surface area contributed by atoms with E-state index in [1.807, 2.05) is 0 Å². The van der Waals surface area contributed by atoms with Crippen LogP contribution in [0.1, 0.15) is 35.3 Å². The molecule has 0 unspecified atom stereocenters. The minimum Gasteiger partial charge on any atom is -0.492 e. The Kier molecular flexibility index (Phi) is 5.35. The van der Waals surface area contributed by atoms with E-state index in [1.165, 1.54) is 23.4 Å². The minimum absolute atomic E-state index is 0.250. The van der Waals surface area contributed by atoms with Crippen molar-refractivity contribution in [3.63, 3.8) is 0 Å². The molecular weight excluding hydrogens is 429 g/mol. The summed E-state index contributed by atoms with van der Waals surface area (Å²) in [6.45, 7) is 2.93. The fourth-order valence-corrected chi connectivity index (χ4v) is 4.22. The van der Waals surface area contributed by atoms with Crippen LogP contribution in [0.4, 0.5) is 9.18 Å². The van der Waals surface area contributed by atoms with Gasteiger partial charge < -0.3 is 25.0 Å². The number of aryl methyl sites for hydroxylation is 1. The Labute approximate surface area is 189 Å². The molecule has 3 aromatic rings. The van der Waals surface area contributed by atoms with Crippen LogP contribution in [0, 0.1) is 18.7 Å². The smallest absolute Gasteiger partial charge is 0.407 e. The van der Waals surface area contributed by atoms with Crippen molar-refractivity contribution in [3.8, 4) is 17.0 Å². The number of carbonyl (C=O) groups is 2. The molecule has 0 radical (unpaired) electrons. The molecule has 9 nitrogen and oxygen atoms in total. The van der Waals surface area contributed by atoms with Crippen LogP contribution in [-0.2, 0) is 0 Å². The normalized spacial score (nSPS) is 18.0. The summed E-state index contributed by atoms with van der Waals surface area (Å²) in [4.78, 5) is 37.5. The third-order valence-corrected chi connectivity index (χ3v) is 6.16. The summed E-state index contributed by atoms with van der Waals surface area (Å²) in [7, 11) is 0. The summed E-state index contributed by atoms with van der Waals surface area (Å²) in [5, 5.41) is 12.1. The number of halogens is 1. The standard InChI is InChI=1S/C23H24FN5O4/c1-12-18(22(30)28-15-6-7-29(9-15)23(31)32)20-21(27-12)19(25-11-26-20)16-5-4-14(24)8-17(16)33-10-13-2-3-13/h4-5,8,11,13,15,27H,2-3,6-7,9-10H2,1H3,(H,28,30)(H,31,32)/t15-/m1/s1. The Morgan fingerprint density at radius 1 is 1.30 bits per heavy atom. The summed E-state index contributed by atoms with van der Waals surface area (Å²) >= 11 is 0. The average Bonchev–Trinajstić information content (AvgIpc) is 3.38. The lowest BCUT2D eigenvalue weighted by atomic mass is 10.1. The van der Waals surface area contributed by atoms with Gasteiger partial charge in [0.1, 0.15) is 29.1 Å². The van der Waals surface area contributed by atoms with Crippen molar-refractivity contribution < 1.29 is 23.8 Å². The number of likely N-dealkylation sites (tertiary alicyclic amines) is 1. The fourth-order valence-electron chi connectivity index (χ4n) is 4.22. The molecule has 1 aromatic carbocycles. The van der Waals surface area contributed by atoms with E-state index in [9.17, 15) is 14.0 Å². The van der Waals surface area contributed by atoms with Gasteiger partial charge in [0, 0.05) is 36.5 Å². The van der Waals surface area contributed by atoms with E-state index < -0.39 is 11.9 Å². The highest BCUT2D eigenvalue weighted by molar-refractivity contribution is 6.09. The Morgan fingerprint density at radius 2 is 2.12 bits per heavy atom. The number of aromatic nitrogens is 3. The first-order valence-electron chi connectivity index (χ1n) is 11.0. The number of benzene rings is 1. The highest BCUT2D eigenvalue weighted by Crippen LogP contribution is 2.36. The van der Waals surface area contributed by atoms with Gasteiger partial charge in [-0.25, -0.2) is 19.2 Å². The number of fused-ring (bicyclic) bond motifs is 1. The average molecular weight is 453 g/mol. The minimum atomic E-state index is -0.994. The molecule has 10 heteroatoms. The van der Waals surface area contributed by atoms with Gasteiger partial charge in [0.2, 0.25) is 0 Å². The number of carboxylic acid groups (broad SMARTS) is 1. The zero-order valence-corrected chi connectivity index (χ0v) is 18.1. The molecule has 172 valence electrons. The second-order valence-corrected chi connectivity index (χ2v) is 8.65. The Bertz CT molecular complexity index is 1240. The van der Waals surface area contributed by atoms with Crippen molar-refractivity contribution >= 4 is 23.0 Å². The second-order valence-electron chi connectivity index (χ2n) is 8.65. The van der Waals surface area contributed by atoms with Crippen molar-refractivity contribution in [1.29, 1.82) is 0 Å². The van der Waals surface area contributed by atoms with Crippen LogP contribution in [0.25, 0.3) is 22.3 Å². The highest BCUT2D eigenvalue weighted by Gasteiger charge is 2.29. The van der Waals surface area contributed by atoms with Gasteiger partial charge in [0.25, 0.3) is 5.91 Å². The summed E-state index contributed by atoms with van der Waals surface area (Å²) in [5.41, 5.74) is 3.13. The van der Waals surface area contributed by atoms with Gasteiger partial charge in [-0.3, -0.25) is 4.79 Å². The number of amides is 2. The first kappa shape index (κ1) is 21.2. The molecule has 1 atom stereocenters. The number of aromatic amines is 1. The third-order valence-electron chi connectivity index (χ3n) is 6.16. The summed E-state index contributed by atoms with van der Waals surface area (Å²) in [5.74, 6) is 0.177. The predicted octanol–water partition coefficient (Wildman–Crippen LogP) is 3.34. The van der Waals surface area contributed by atoms with Crippen LogP contribution in [0.15, 0.2) is 24.5 Å². The van der Waals surface area contributed by atoms with E-state index in [1.54, 1.807) is 13.0 Å². The molecule has 2 fully saturated rings. The first-order valence-corrected chi connectivity index (χ1v) is 11.0. The molecule has 33 heavy (non-hydrogen) atoms. The van der Waals surface area contributed by atoms with E-state index in [0.717, 1.165) is 12.8 Å². The van der Waals surface area contributed by atoms with E-state index in [-0.39, 0.29) is 18.5 Å². The number of ether oxygens (including phenoxy) is 1. The van der Waals surface area contributed by atoms with E-state index in [0.29, 0.717) is 64.8 Å². The molecule has 3 N–H and O–H groups in total. The van der Waals surface area contributed by atoms with Crippen LogP contribution in [0.3, 0.4) is 0 Å². The zero-order valence-electron chi connectivity index (χ0n) is 18.1. The lowest BCUT2D eigenvalue weighted by molar-refractivity contribution is 0.0936. The van der Waals surface area contributed by atoms with Crippen LogP contribution in [-0.4, -0.2) is 62.7 Å². The maximum atomic E-state index is 13.9. The van der Waals surface area contributed by atoms with Gasteiger partial charge in [0.05, 0.1) is 17.7 Å². The number of hydrogen-bond donors (Lipinski definition) is 3. The van der Waals surface area contributed by atoms with Crippen molar-refractivity contribution in [2.75, 3.05) is 19.7 Å². The quantitative estimate of drug-likeness (QED) is 0.527. The third kappa shape index (κ3) is 4.20. The maximum Gasteiger partial charge on any atom is 0.407 e. The number of hydrogen-bond acceptors (Lipinski definition) is 5. The molecule has 5 rings (SSSR count). The van der Waals surface area contributed by atoms with Gasteiger partial charge in [-0.2, -0.15) is 0 Å². The zero-order chi connectivity index (χ0) is 23.1. The van der Waals surface area contributed by atoms with E-state index in [2.05, 4.69) is 20.3 Å². The Hall–Kier alpha value is -3.69. The van der Waals surface area contributed by atoms with Gasteiger partial charge in [-0.1, -0.05) is 0 Å². The molecule has 2 aliphatic rings. The van der Waals surface area contributed by atoms with Crippen molar-refractivity contribution in [1.82, 2.24) is 25.2 Å². The topological polar surface area (TPSA) is 120 Å². The van der Waals surface area contributed by atoms with Gasteiger partial charge in [-0.15, -0.1) is 0 Å². The van der Waals surface area contributed by atoms with E-state index >= 15 is 0 Å². The van der Waals surface area contributed by atoms with Crippen LogP contribution in [0.2, 0.25) is 0 Å². The monoisotopic (exact) mass is 453 g/mol. The predicted molar refractivity (Wildman–Crippen MR) is 118 cm³/mol. The number of nitrogens with zero attached hydrogens (tertiary/aromatic N) is 3. The van der Waals surface area contributed by atoms with Crippen molar-refractivity contribution in [3.05, 3.63) is 41.6 Å². The van der Waals surface area contributed by atoms with Crippen molar-refractivity contribution in [2.24, 2.45) is 5.92 Å². The fraction of sp³-hybridized carbons (Fsp3) is 0.391. The SMILES string of the molecule is Cc1[nH]c2c(-c3ccc(F)cc3OCC3CC3)ncnc2c1C(=O)N[C@@H]1CCN(C(=O)O)C1. The first-order chi connectivity index (χ1) is 15.9. The Morgan fingerprint density at radius 3 is 2.85 bits per heavy atom. The highest BCUT2D eigenvalue weighted by atomic mass is 19.1. The second kappa shape index (κ2) is 8.34. The molecule has 1 aliphatic heterocycles. The number of H-pyrrole nitrogens is 1. The molecule has 0 bridgehead atoms. The molecule has 0 spiro atoms. The lowest BCUT2D eigenvalue weighted by Crippen LogP contribution is -2.38. The van der Waals surface area contributed by atoms with Crippen LogP contribution < -0.4 is 10.1 Å². The summed E-state index contributed by atoms with van der Waals surface area (Å²) in [6, 6.07) is 4.06.